The largest absolute Gasteiger partial charge is 0.281 e. The molecular formula is C20H26FN3O2S. The summed E-state index contributed by atoms with van der Waals surface area (Å²) < 4.78 is 41.7. The number of pyridine rings is 1. The molecule has 1 aromatic carbocycles. The Balaban J connectivity index is 1.84. The highest BCUT2D eigenvalue weighted by Crippen LogP contribution is 2.29. The van der Waals surface area contributed by atoms with Gasteiger partial charge in [0.2, 0.25) is 0 Å². The van der Waals surface area contributed by atoms with Gasteiger partial charge < -0.3 is 0 Å². The molecule has 146 valence electrons. The molecule has 0 saturated carbocycles. The molecule has 0 radical (unpaired) electrons. The summed E-state index contributed by atoms with van der Waals surface area (Å²) in [4.78, 5) is 4.65. The number of benzene rings is 1. The Hall–Kier alpha value is -1.83. The van der Waals surface area contributed by atoms with Crippen LogP contribution in [0.25, 0.3) is 0 Å². The summed E-state index contributed by atoms with van der Waals surface area (Å²) in [6.45, 7) is 2.88. The smallest absolute Gasteiger partial charge is 0.258 e. The molecule has 2 heterocycles. The van der Waals surface area contributed by atoms with Crippen molar-refractivity contribution in [1.29, 1.82) is 0 Å². The first kappa shape index (κ1) is 19.9. The Morgan fingerprint density at radius 3 is 2.70 bits per heavy atom. The predicted octanol–water partition coefficient (Wildman–Crippen LogP) is 3.11. The van der Waals surface area contributed by atoms with E-state index in [0.29, 0.717) is 25.1 Å². The van der Waals surface area contributed by atoms with Gasteiger partial charge in [0.15, 0.2) is 0 Å². The molecule has 0 unspecified atom stereocenters. The molecule has 2 aromatic rings. The zero-order valence-corrected chi connectivity index (χ0v) is 16.8. The molecule has 5 nitrogen and oxygen atoms in total. The topological polar surface area (TPSA) is 53.5 Å². The van der Waals surface area contributed by atoms with Crippen LogP contribution in [0.15, 0.2) is 36.4 Å². The molecule has 0 amide bonds. The lowest BCUT2D eigenvalue weighted by Gasteiger charge is -2.33. The van der Waals surface area contributed by atoms with Crippen molar-refractivity contribution in [3.63, 3.8) is 0 Å². The van der Waals surface area contributed by atoms with Crippen LogP contribution in [0.2, 0.25) is 0 Å². The van der Waals surface area contributed by atoms with Crippen LogP contribution < -0.4 is 0 Å². The van der Waals surface area contributed by atoms with Gasteiger partial charge in [-0.15, -0.1) is 0 Å². The van der Waals surface area contributed by atoms with Gasteiger partial charge in [-0.1, -0.05) is 18.2 Å². The zero-order chi connectivity index (χ0) is 19.6. The monoisotopic (exact) mass is 391 g/mol. The van der Waals surface area contributed by atoms with E-state index in [1.807, 2.05) is 25.1 Å². The summed E-state index contributed by atoms with van der Waals surface area (Å²) in [6, 6.07) is 10.7. The highest BCUT2D eigenvalue weighted by Gasteiger charge is 2.31. The molecular weight excluding hydrogens is 365 g/mol. The van der Waals surface area contributed by atoms with Gasteiger partial charge in [-0.25, -0.2) is 4.39 Å². The van der Waals surface area contributed by atoms with Crippen LogP contribution in [-0.4, -0.2) is 49.2 Å². The first-order chi connectivity index (χ1) is 12.8. The molecule has 27 heavy (non-hydrogen) atoms. The van der Waals surface area contributed by atoms with Crippen LogP contribution in [0.3, 0.4) is 0 Å². The fraction of sp³-hybridized carbons (Fsp3) is 0.450. The standard InChI is InChI=1S/C20H26FN3O2S/c1-15-11-16(12-17-7-4-5-9-19(17)21)13-20(22-15)18-8-6-10-24(14-18)27(25,26)23(2)3/h4-5,7,9,11,13,18H,6,8,10,12,14H2,1-3H3/t18-/m1/s1. The third kappa shape index (κ3) is 4.54. The maximum atomic E-state index is 14.0. The lowest BCUT2D eigenvalue weighted by atomic mass is 9.93. The van der Waals surface area contributed by atoms with E-state index < -0.39 is 10.2 Å². The minimum Gasteiger partial charge on any atom is -0.258 e. The Bertz CT molecular complexity index is 915. The lowest BCUT2D eigenvalue weighted by Crippen LogP contribution is -2.45. The number of aryl methyl sites for hydroxylation is 1. The molecule has 1 fully saturated rings. The Morgan fingerprint density at radius 2 is 2.00 bits per heavy atom. The summed E-state index contributed by atoms with van der Waals surface area (Å²) in [5.74, 6) is -0.165. The van der Waals surface area contributed by atoms with Gasteiger partial charge >= 0.3 is 0 Å². The van der Waals surface area contributed by atoms with Crippen LogP contribution in [0.5, 0.6) is 0 Å². The summed E-state index contributed by atoms with van der Waals surface area (Å²) in [5, 5.41) is 0. The molecule has 1 aromatic heterocycles. The van der Waals surface area contributed by atoms with Gasteiger partial charge in [0.1, 0.15) is 5.82 Å². The van der Waals surface area contributed by atoms with Crippen molar-refractivity contribution >= 4 is 10.2 Å². The Labute approximate surface area is 161 Å². The first-order valence-corrected chi connectivity index (χ1v) is 10.6. The molecule has 0 N–H and O–H groups in total. The second-order valence-corrected chi connectivity index (χ2v) is 9.44. The minimum atomic E-state index is -3.43. The Morgan fingerprint density at radius 1 is 1.26 bits per heavy atom. The average molecular weight is 392 g/mol. The van der Waals surface area contributed by atoms with Crippen LogP contribution >= 0.6 is 0 Å². The average Bonchev–Trinajstić information content (AvgIpc) is 2.63. The van der Waals surface area contributed by atoms with Gasteiger partial charge in [0, 0.05) is 50.9 Å². The number of hydrogen-bond acceptors (Lipinski definition) is 3. The zero-order valence-electron chi connectivity index (χ0n) is 16.0. The van der Waals surface area contributed by atoms with Crippen molar-refractivity contribution in [2.24, 2.45) is 0 Å². The van der Waals surface area contributed by atoms with E-state index in [1.54, 1.807) is 26.2 Å². The second-order valence-electron chi connectivity index (χ2n) is 7.30. The van der Waals surface area contributed by atoms with Gasteiger partial charge in [-0.05, 0) is 49.1 Å². The number of aromatic nitrogens is 1. The molecule has 1 saturated heterocycles. The number of rotatable bonds is 5. The van der Waals surface area contributed by atoms with Crippen molar-refractivity contribution < 1.29 is 12.8 Å². The summed E-state index contributed by atoms with van der Waals surface area (Å²) >= 11 is 0. The molecule has 1 atom stereocenters. The molecule has 3 rings (SSSR count). The van der Waals surface area contributed by atoms with Crippen molar-refractivity contribution in [2.75, 3.05) is 27.2 Å². The van der Waals surface area contributed by atoms with Gasteiger partial charge in [-0.3, -0.25) is 4.98 Å². The van der Waals surface area contributed by atoms with Crippen LogP contribution in [0, 0.1) is 12.7 Å². The number of halogens is 1. The summed E-state index contributed by atoms with van der Waals surface area (Å²) in [5.41, 5.74) is 3.40. The predicted molar refractivity (Wildman–Crippen MR) is 104 cm³/mol. The fourth-order valence-electron chi connectivity index (χ4n) is 3.57. The molecule has 0 aliphatic carbocycles. The van der Waals surface area contributed by atoms with Crippen LogP contribution in [-0.2, 0) is 16.6 Å². The van der Waals surface area contributed by atoms with Crippen molar-refractivity contribution in [3.8, 4) is 0 Å². The van der Waals surface area contributed by atoms with Crippen molar-refractivity contribution in [2.45, 2.75) is 32.1 Å². The van der Waals surface area contributed by atoms with E-state index in [0.717, 1.165) is 29.8 Å². The SMILES string of the molecule is Cc1cc(Cc2ccccc2F)cc([C@@H]2CCCN(S(=O)(=O)N(C)C)C2)n1. The highest BCUT2D eigenvalue weighted by molar-refractivity contribution is 7.86. The number of nitrogens with zero attached hydrogens (tertiary/aromatic N) is 3. The third-order valence-corrected chi connectivity index (χ3v) is 6.88. The van der Waals surface area contributed by atoms with Gasteiger partial charge in [0.05, 0.1) is 0 Å². The number of piperidine rings is 1. The molecule has 1 aliphatic heterocycles. The van der Waals surface area contributed by atoms with Crippen molar-refractivity contribution in [3.05, 3.63) is 64.7 Å². The summed E-state index contributed by atoms with van der Waals surface area (Å²) in [7, 11) is -0.322. The van der Waals surface area contributed by atoms with E-state index in [4.69, 9.17) is 0 Å². The van der Waals surface area contributed by atoms with E-state index in [-0.39, 0.29) is 11.7 Å². The van der Waals surface area contributed by atoms with E-state index in [9.17, 15) is 12.8 Å². The summed E-state index contributed by atoms with van der Waals surface area (Å²) in [6.07, 6.45) is 2.19. The van der Waals surface area contributed by atoms with E-state index in [2.05, 4.69) is 4.98 Å². The van der Waals surface area contributed by atoms with Gasteiger partial charge in [-0.2, -0.15) is 17.0 Å². The molecule has 0 bridgehead atoms. The first-order valence-electron chi connectivity index (χ1n) is 9.16. The van der Waals surface area contributed by atoms with Crippen LogP contribution in [0.1, 0.15) is 41.3 Å². The quantitative estimate of drug-likeness (QED) is 0.787. The molecule has 0 spiro atoms. The molecule has 7 heteroatoms. The third-order valence-electron chi connectivity index (χ3n) is 4.98. The second kappa shape index (κ2) is 8.04. The normalized spacial score (nSPS) is 18.8. The van der Waals surface area contributed by atoms with E-state index in [1.165, 1.54) is 14.7 Å². The number of hydrogen-bond donors (Lipinski definition) is 0. The van der Waals surface area contributed by atoms with Crippen molar-refractivity contribution in [1.82, 2.24) is 13.6 Å². The van der Waals surface area contributed by atoms with E-state index >= 15 is 0 Å². The fourth-order valence-corrected chi connectivity index (χ4v) is 4.76. The molecule has 1 aliphatic rings. The highest BCUT2D eigenvalue weighted by atomic mass is 32.2. The Kier molecular flexibility index (Phi) is 5.93. The lowest BCUT2D eigenvalue weighted by molar-refractivity contribution is 0.296. The minimum absolute atomic E-state index is 0.0488. The van der Waals surface area contributed by atoms with Crippen LogP contribution in [0.4, 0.5) is 4.39 Å². The van der Waals surface area contributed by atoms with Gasteiger partial charge in [0.25, 0.3) is 10.2 Å². The maximum absolute atomic E-state index is 14.0. The maximum Gasteiger partial charge on any atom is 0.281 e.